The van der Waals surface area contributed by atoms with Crippen LogP contribution in [0.3, 0.4) is 0 Å². The van der Waals surface area contributed by atoms with Gasteiger partial charge in [-0.3, -0.25) is 9.59 Å². The van der Waals surface area contributed by atoms with E-state index in [4.69, 9.17) is 4.74 Å². The van der Waals surface area contributed by atoms with Crippen molar-refractivity contribution in [2.45, 2.75) is 90.1 Å². The number of benzene rings is 2. The number of carbonyl (C=O) groups excluding carboxylic acids is 3. The zero-order valence-electron chi connectivity index (χ0n) is 22.3. The van der Waals surface area contributed by atoms with Crippen molar-refractivity contribution in [2.75, 3.05) is 10.2 Å². The quantitative estimate of drug-likeness (QED) is 0.503. The third-order valence-corrected chi connectivity index (χ3v) is 6.84. The van der Waals surface area contributed by atoms with Crippen molar-refractivity contribution in [3.8, 4) is 0 Å². The summed E-state index contributed by atoms with van der Waals surface area (Å²) >= 11 is 0. The van der Waals surface area contributed by atoms with E-state index in [-0.39, 0.29) is 36.0 Å². The fraction of sp³-hybridized carbons (Fsp3) is 0.483. The molecule has 2 atom stereocenters. The van der Waals surface area contributed by atoms with E-state index < -0.39 is 11.7 Å². The van der Waals surface area contributed by atoms with Crippen LogP contribution in [-0.2, 0) is 9.53 Å². The number of ether oxygens (including phenoxy) is 1. The molecule has 0 bridgehead atoms. The second-order valence-corrected chi connectivity index (χ2v) is 11.0. The molecule has 2 aromatic rings. The Balaban J connectivity index is 1.31. The van der Waals surface area contributed by atoms with Crippen LogP contribution in [0.25, 0.3) is 0 Å². The van der Waals surface area contributed by atoms with Crippen LogP contribution < -0.4 is 20.9 Å². The van der Waals surface area contributed by atoms with Crippen LogP contribution in [0.2, 0.25) is 0 Å². The molecular weight excluding hydrogens is 468 g/mol. The van der Waals surface area contributed by atoms with Crippen LogP contribution in [0.15, 0.2) is 48.5 Å². The summed E-state index contributed by atoms with van der Waals surface area (Å²) in [6.45, 7) is 9.46. The monoisotopic (exact) mass is 506 g/mol. The van der Waals surface area contributed by atoms with Gasteiger partial charge in [0.25, 0.3) is 5.91 Å². The first kappa shape index (κ1) is 26.5. The number of nitrogens with zero attached hydrogens (tertiary/aromatic N) is 1. The molecule has 2 aromatic carbocycles. The molecule has 37 heavy (non-hydrogen) atoms. The fourth-order valence-electron chi connectivity index (χ4n) is 5.02. The average molecular weight is 507 g/mol. The molecule has 198 valence electrons. The zero-order chi connectivity index (χ0) is 26.7. The van der Waals surface area contributed by atoms with Gasteiger partial charge in [0.1, 0.15) is 5.60 Å². The fourth-order valence-corrected chi connectivity index (χ4v) is 5.02. The molecule has 0 spiro atoms. The molecule has 8 heteroatoms. The van der Waals surface area contributed by atoms with E-state index in [0.29, 0.717) is 24.8 Å². The van der Waals surface area contributed by atoms with Crippen LogP contribution in [0.4, 0.5) is 16.2 Å². The molecule has 1 fully saturated rings. The van der Waals surface area contributed by atoms with E-state index in [1.807, 2.05) is 75.1 Å². The van der Waals surface area contributed by atoms with E-state index in [1.54, 1.807) is 0 Å². The van der Waals surface area contributed by atoms with Crippen molar-refractivity contribution in [3.05, 3.63) is 59.7 Å². The summed E-state index contributed by atoms with van der Waals surface area (Å²) in [6, 6.07) is 15.7. The summed E-state index contributed by atoms with van der Waals surface area (Å²) in [4.78, 5) is 39.1. The van der Waals surface area contributed by atoms with Gasteiger partial charge in [-0.05, 0) is 82.9 Å². The number of alkyl carbamates (subject to hydrolysis) is 1. The molecule has 1 aliphatic heterocycles. The number of hydrogen-bond donors (Lipinski definition) is 3. The predicted octanol–water partition coefficient (Wildman–Crippen LogP) is 5.16. The number of nitrogens with one attached hydrogen (secondary N) is 3. The Morgan fingerprint density at radius 3 is 2.24 bits per heavy atom. The Hall–Kier alpha value is -3.55. The Morgan fingerprint density at radius 1 is 0.946 bits per heavy atom. The molecule has 8 nitrogen and oxygen atoms in total. The second kappa shape index (κ2) is 10.8. The first-order valence-electron chi connectivity index (χ1n) is 13.1. The first-order chi connectivity index (χ1) is 17.5. The lowest BCUT2D eigenvalue weighted by Gasteiger charge is -2.40. The normalized spacial score (nSPS) is 22.8. The molecule has 1 heterocycles. The highest BCUT2D eigenvalue weighted by Gasteiger charge is 2.34. The van der Waals surface area contributed by atoms with E-state index in [2.05, 4.69) is 28.9 Å². The minimum atomic E-state index is -0.532. The number of hydrogen-bond acceptors (Lipinski definition) is 5. The molecule has 0 aromatic heterocycles. The molecule has 4 rings (SSSR count). The topological polar surface area (TPSA) is 99.8 Å². The Labute approximate surface area is 219 Å². The maximum Gasteiger partial charge on any atom is 0.407 e. The number of anilines is 2. The lowest BCUT2D eigenvalue weighted by atomic mass is 9.86. The molecule has 1 aliphatic carbocycles. The molecule has 3 amide bonds. The van der Waals surface area contributed by atoms with Crippen molar-refractivity contribution in [2.24, 2.45) is 0 Å². The van der Waals surface area contributed by atoms with Gasteiger partial charge in [0.05, 0.1) is 6.04 Å². The van der Waals surface area contributed by atoms with Crippen molar-refractivity contribution in [1.29, 1.82) is 0 Å². The van der Waals surface area contributed by atoms with Crippen molar-refractivity contribution < 1.29 is 19.1 Å². The molecule has 0 unspecified atom stereocenters. The van der Waals surface area contributed by atoms with Gasteiger partial charge in [0.15, 0.2) is 0 Å². The Morgan fingerprint density at radius 2 is 1.59 bits per heavy atom. The SMILES string of the molecule is CCC(=O)N1c2ccccc2[C@H](Nc2ccc(C(=O)NC3CC(NC(=O)OC(C)(C)C)C3)cc2)C[C@@H]1C. The van der Waals surface area contributed by atoms with Crippen LogP contribution in [0, 0.1) is 0 Å². The Kier molecular flexibility index (Phi) is 7.76. The van der Waals surface area contributed by atoms with Crippen LogP contribution in [0.5, 0.6) is 0 Å². The summed E-state index contributed by atoms with van der Waals surface area (Å²) in [5.41, 5.74) is 3.04. The minimum absolute atomic E-state index is 0.0102. The smallest absolute Gasteiger partial charge is 0.407 e. The van der Waals surface area contributed by atoms with E-state index >= 15 is 0 Å². The molecule has 0 radical (unpaired) electrons. The Bertz CT molecular complexity index is 1140. The van der Waals surface area contributed by atoms with E-state index in [9.17, 15) is 14.4 Å². The summed E-state index contributed by atoms with van der Waals surface area (Å²) in [5, 5.41) is 9.47. The van der Waals surface area contributed by atoms with Crippen LogP contribution in [0.1, 0.15) is 82.3 Å². The van der Waals surface area contributed by atoms with Crippen LogP contribution >= 0.6 is 0 Å². The molecular formula is C29H38N4O4. The summed E-state index contributed by atoms with van der Waals surface area (Å²) in [7, 11) is 0. The van der Waals surface area contributed by atoms with Crippen molar-refractivity contribution in [3.63, 3.8) is 0 Å². The van der Waals surface area contributed by atoms with Gasteiger partial charge in [-0.25, -0.2) is 4.79 Å². The van der Waals surface area contributed by atoms with Gasteiger partial charge < -0.3 is 25.6 Å². The molecule has 3 N–H and O–H groups in total. The summed E-state index contributed by atoms with van der Waals surface area (Å²) < 4.78 is 5.28. The third-order valence-electron chi connectivity index (χ3n) is 6.84. The van der Waals surface area contributed by atoms with Crippen molar-refractivity contribution >= 4 is 29.3 Å². The maximum absolute atomic E-state index is 12.7. The maximum atomic E-state index is 12.7. The van der Waals surface area contributed by atoms with Gasteiger partial charge in [0, 0.05) is 41.5 Å². The number of carbonyl (C=O) groups is 3. The lowest BCUT2D eigenvalue weighted by molar-refractivity contribution is -0.118. The first-order valence-corrected chi connectivity index (χ1v) is 13.1. The summed E-state index contributed by atoms with van der Waals surface area (Å²) in [6.07, 6.45) is 2.21. The zero-order valence-corrected chi connectivity index (χ0v) is 22.3. The lowest BCUT2D eigenvalue weighted by Crippen LogP contribution is -2.54. The second-order valence-electron chi connectivity index (χ2n) is 11.0. The summed E-state index contributed by atoms with van der Waals surface area (Å²) in [5.74, 6) is 0.00444. The molecule has 0 saturated heterocycles. The van der Waals surface area contributed by atoms with Crippen LogP contribution in [-0.4, -0.2) is 41.6 Å². The van der Waals surface area contributed by atoms with Crippen molar-refractivity contribution in [1.82, 2.24) is 10.6 Å². The predicted molar refractivity (Wildman–Crippen MR) is 145 cm³/mol. The van der Waals surface area contributed by atoms with Gasteiger partial charge in [-0.15, -0.1) is 0 Å². The highest BCUT2D eigenvalue weighted by molar-refractivity contribution is 5.96. The number of amides is 3. The average Bonchev–Trinajstić information content (AvgIpc) is 2.81. The third kappa shape index (κ3) is 6.42. The highest BCUT2D eigenvalue weighted by atomic mass is 16.6. The van der Waals surface area contributed by atoms with E-state index in [1.165, 1.54) is 0 Å². The standard InChI is InChI=1S/C29H38N4O4/c1-6-26(34)33-18(2)15-24(23-9-7-8-10-25(23)33)30-20-13-11-19(12-14-20)27(35)31-21-16-22(17-21)32-28(36)37-29(3,4)5/h7-14,18,21-22,24,30H,6,15-17H2,1-5H3,(H,31,35)(H,32,36)/t18-,21?,22?,24+/m0/s1. The van der Waals surface area contributed by atoms with Gasteiger partial charge >= 0.3 is 6.09 Å². The molecule has 1 saturated carbocycles. The van der Waals surface area contributed by atoms with Gasteiger partial charge in [-0.2, -0.15) is 0 Å². The number of rotatable bonds is 6. The van der Waals surface area contributed by atoms with Gasteiger partial charge in [0.2, 0.25) is 5.91 Å². The number of para-hydroxylation sites is 1. The number of fused-ring (bicyclic) bond motifs is 1. The largest absolute Gasteiger partial charge is 0.444 e. The molecule has 2 aliphatic rings. The highest BCUT2D eigenvalue weighted by Crippen LogP contribution is 2.39. The van der Waals surface area contributed by atoms with Gasteiger partial charge in [-0.1, -0.05) is 25.1 Å². The minimum Gasteiger partial charge on any atom is -0.444 e. The van der Waals surface area contributed by atoms with E-state index in [0.717, 1.165) is 23.4 Å².